The number of carbonyl (C=O) groups is 1. The first-order valence-corrected chi connectivity index (χ1v) is 8.05. The number of hydrogen-bond donors (Lipinski definition) is 1. The Labute approximate surface area is 125 Å². The number of carbonyl (C=O) groups excluding carboxylic acids is 1. The summed E-state index contributed by atoms with van der Waals surface area (Å²) in [6.45, 7) is 2.96. The highest BCUT2D eigenvalue weighted by molar-refractivity contribution is 7.99. The molecule has 2 rings (SSSR count). The molecule has 1 aliphatic heterocycles. The molecule has 8 heteroatoms. The number of amides is 1. The van der Waals surface area contributed by atoms with E-state index in [0.29, 0.717) is 18.8 Å². The van der Waals surface area contributed by atoms with Gasteiger partial charge in [-0.15, -0.1) is 0 Å². The number of nitrogens with one attached hydrogen (secondary N) is 1. The molecule has 1 aliphatic rings. The summed E-state index contributed by atoms with van der Waals surface area (Å²) in [5, 5.41) is 5.67. The second-order valence-electron chi connectivity index (χ2n) is 5.21. The van der Waals surface area contributed by atoms with Gasteiger partial charge in [-0.25, -0.2) is 0 Å². The number of alkyl halides is 3. The van der Waals surface area contributed by atoms with Gasteiger partial charge in [-0.05, 0) is 32.1 Å². The van der Waals surface area contributed by atoms with Crippen LogP contribution in [0.5, 0.6) is 0 Å². The van der Waals surface area contributed by atoms with E-state index in [1.807, 2.05) is 13.2 Å². The first-order chi connectivity index (χ1) is 9.82. The van der Waals surface area contributed by atoms with Crippen molar-refractivity contribution in [2.24, 2.45) is 0 Å². The summed E-state index contributed by atoms with van der Waals surface area (Å²) in [7, 11) is 0. The average Bonchev–Trinajstić information content (AvgIpc) is 2.95. The van der Waals surface area contributed by atoms with E-state index in [-0.39, 0.29) is 17.1 Å². The maximum absolute atomic E-state index is 12.6. The molecule has 1 saturated heterocycles. The van der Waals surface area contributed by atoms with E-state index in [2.05, 4.69) is 10.2 Å². The van der Waals surface area contributed by atoms with Gasteiger partial charge in [-0.3, -0.25) is 9.89 Å². The molecule has 2 heterocycles. The Hall–Kier alpha value is -1.18. The Morgan fingerprint density at radius 3 is 2.86 bits per heavy atom. The smallest absolute Gasteiger partial charge is 0.341 e. The zero-order chi connectivity index (χ0) is 15.6. The van der Waals surface area contributed by atoms with Gasteiger partial charge in [0.1, 0.15) is 0 Å². The third-order valence-electron chi connectivity index (χ3n) is 3.76. The predicted molar refractivity (Wildman–Crippen MR) is 75.1 cm³/mol. The maximum atomic E-state index is 12.6. The summed E-state index contributed by atoms with van der Waals surface area (Å²) in [5.41, 5.74) is -0.449. The number of H-pyrrole nitrogens is 1. The van der Waals surface area contributed by atoms with Crippen LogP contribution in [-0.2, 0) is 11.0 Å². The molecule has 2 atom stereocenters. The van der Waals surface area contributed by atoms with Gasteiger partial charge in [-0.2, -0.15) is 30.0 Å². The Kier molecular flexibility index (Phi) is 4.85. The molecule has 1 aromatic heterocycles. The number of halogens is 3. The van der Waals surface area contributed by atoms with Crippen molar-refractivity contribution in [3.05, 3.63) is 17.5 Å². The van der Waals surface area contributed by atoms with Crippen LogP contribution in [0.3, 0.4) is 0 Å². The molecule has 0 aliphatic carbocycles. The van der Waals surface area contributed by atoms with Crippen molar-refractivity contribution < 1.29 is 18.0 Å². The van der Waals surface area contributed by atoms with Gasteiger partial charge in [0, 0.05) is 24.7 Å². The summed E-state index contributed by atoms with van der Waals surface area (Å²) in [6.07, 6.45) is -1.02. The van der Waals surface area contributed by atoms with E-state index >= 15 is 0 Å². The zero-order valence-corrected chi connectivity index (χ0v) is 12.7. The van der Waals surface area contributed by atoms with Gasteiger partial charge in [0.2, 0.25) is 5.91 Å². The molecule has 1 fully saturated rings. The third-order valence-corrected chi connectivity index (χ3v) is 4.67. The normalized spacial score (nSPS) is 21.4. The van der Waals surface area contributed by atoms with E-state index in [4.69, 9.17) is 0 Å². The van der Waals surface area contributed by atoms with E-state index in [1.54, 1.807) is 4.90 Å². The molecule has 0 aromatic carbocycles. The molecule has 0 bridgehead atoms. The van der Waals surface area contributed by atoms with Crippen molar-refractivity contribution in [3.8, 4) is 0 Å². The Bertz CT molecular complexity index is 503. The van der Waals surface area contributed by atoms with Gasteiger partial charge in [-0.1, -0.05) is 0 Å². The minimum absolute atomic E-state index is 0.0442. The van der Waals surface area contributed by atoms with Crippen molar-refractivity contribution in [1.29, 1.82) is 0 Å². The first kappa shape index (κ1) is 16.2. The topological polar surface area (TPSA) is 49.0 Å². The van der Waals surface area contributed by atoms with Gasteiger partial charge in [0.05, 0.1) is 5.25 Å². The predicted octanol–water partition coefficient (Wildman–Crippen LogP) is 2.89. The van der Waals surface area contributed by atoms with E-state index in [1.165, 1.54) is 11.8 Å². The van der Waals surface area contributed by atoms with Gasteiger partial charge < -0.3 is 4.90 Å². The molecule has 21 heavy (non-hydrogen) atoms. The molecular weight excluding hydrogens is 303 g/mol. The molecular formula is C13H18F3N3OS. The van der Waals surface area contributed by atoms with E-state index in [0.717, 1.165) is 18.9 Å². The fraction of sp³-hybridized carbons (Fsp3) is 0.692. The minimum Gasteiger partial charge on any atom is -0.341 e. The zero-order valence-electron chi connectivity index (χ0n) is 11.9. The van der Waals surface area contributed by atoms with Gasteiger partial charge in [0.25, 0.3) is 0 Å². The van der Waals surface area contributed by atoms with E-state index < -0.39 is 11.9 Å². The lowest BCUT2D eigenvalue weighted by molar-refractivity contribution is -0.141. The van der Waals surface area contributed by atoms with Gasteiger partial charge >= 0.3 is 6.18 Å². The Balaban J connectivity index is 2.07. The number of nitrogens with zero attached hydrogens (tertiary/aromatic N) is 2. The molecule has 1 aromatic rings. The largest absolute Gasteiger partial charge is 0.435 e. The van der Waals surface area contributed by atoms with Crippen LogP contribution in [-0.4, -0.2) is 45.6 Å². The number of aromatic nitrogens is 2. The van der Waals surface area contributed by atoms with Crippen LogP contribution in [0.1, 0.15) is 37.1 Å². The van der Waals surface area contributed by atoms with Crippen LogP contribution < -0.4 is 0 Å². The quantitative estimate of drug-likeness (QED) is 0.931. The van der Waals surface area contributed by atoms with Crippen molar-refractivity contribution >= 4 is 17.7 Å². The second kappa shape index (κ2) is 6.29. The monoisotopic (exact) mass is 321 g/mol. The fourth-order valence-corrected chi connectivity index (χ4v) is 2.83. The molecule has 118 valence electrons. The standard InChI is InChI=1S/C13H18F3N3OS/c1-8(21-2)12(20)19-5-3-4-9(7-19)10-6-11(18-17-10)13(14,15)16/h6,8-9H,3-5,7H2,1-2H3,(H,17,18). The summed E-state index contributed by atoms with van der Waals surface area (Å²) >= 11 is 1.47. The van der Waals surface area contributed by atoms with Gasteiger partial charge in [0.15, 0.2) is 5.69 Å². The lowest BCUT2D eigenvalue weighted by Crippen LogP contribution is -2.42. The first-order valence-electron chi connectivity index (χ1n) is 6.77. The molecule has 4 nitrogen and oxygen atoms in total. The summed E-state index contributed by atoms with van der Waals surface area (Å²) < 4.78 is 37.7. The highest BCUT2D eigenvalue weighted by Gasteiger charge is 2.35. The lowest BCUT2D eigenvalue weighted by Gasteiger charge is -2.33. The van der Waals surface area contributed by atoms with Crippen LogP contribution in [0.4, 0.5) is 13.2 Å². The minimum atomic E-state index is -4.44. The fourth-order valence-electron chi connectivity index (χ4n) is 2.48. The number of likely N-dealkylation sites (tertiary alicyclic amines) is 1. The summed E-state index contributed by atoms with van der Waals surface area (Å²) in [4.78, 5) is 13.9. The van der Waals surface area contributed by atoms with Crippen LogP contribution >= 0.6 is 11.8 Å². The molecule has 0 saturated carbocycles. The Morgan fingerprint density at radius 2 is 2.29 bits per heavy atom. The van der Waals surface area contributed by atoms with Crippen molar-refractivity contribution in [1.82, 2.24) is 15.1 Å². The Morgan fingerprint density at radius 1 is 1.57 bits per heavy atom. The SMILES string of the molecule is CSC(C)C(=O)N1CCCC(c2cc(C(F)(F)F)n[nH]2)C1. The maximum Gasteiger partial charge on any atom is 0.435 e. The average molecular weight is 321 g/mol. The van der Waals surface area contributed by atoms with Crippen LogP contribution in [0, 0.1) is 0 Å². The van der Waals surface area contributed by atoms with E-state index in [9.17, 15) is 18.0 Å². The summed E-state index contributed by atoms with van der Waals surface area (Å²) in [6, 6.07) is 1.05. The highest BCUT2D eigenvalue weighted by atomic mass is 32.2. The highest BCUT2D eigenvalue weighted by Crippen LogP contribution is 2.32. The number of piperidine rings is 1. The number of thioether (sulfide) groups is 1. The lowest BCUT2D eigenvalue weighted by atomic mass is 9.94. The number of aromatic amines is 1. The third kappa shape index (κ3) is 3.72. The van der Waals surface area contributed by atoms with Crippen molar-refractivity contribution in [3.63, 3.8) is 0 Å². The molecule has 0 spiro atoms. The molecule has 1 amide bonds. The van der Waals surface area contributed by atoms with Crippen molar-refractivity contribution in [2.75, 3.05) is 19.3 Å². The molecule has 1 N–H and O–H groups in total. The van der Waals surface area contributed by atoms with Crippen LogP contribution in [0.25, 0.3) is 0 Å². The van der Waals surface area contributed by atoms with Crippen molar-refractivity contribution in [2.45, 2.75) is 37.1 Å². The summed E-state index contributed by atoms with van der Waals surface area (Å²) in [5.74, 6) is -0.0666. The van der Waals surface area contributed by atoms with Crippen LogP contribution in [0.2, 0.25) is 0 Å². The second-order valence-corrected chi connectivity index (χ2v) is 6.39. The molecule has 2 unspecified atom stereocenters. The number of hydrogen-bond acceptors (Lipinski definition) is 3. The van der Waals surface area contributed by atoms with Crippen LogP contribution in [0.15, 0.2) is 6.07 Å². The molecule has 0 radical (unpaired) electrons. The number of rotatable bonds is 3.